The fourth-order valence-electron chi connectivity index (χ4n) is 0.625. The molecule has 0 atom stereocenters. The second-order valence-electron chi connectivity index (χ2n) is 1.87. The van der Waals surface area contributed by atoms with Crippen LogP contribution in [0.2, 0.25) is 0 Å². The predicted molar refractivity (Wildman–Crippen MR) is 41.7 cm³/mol. The molecule has 0 radical (unpaired) electrons. The van der Waals surface area contributed by atoms with Gasteiger partial charge in [-0.25, -0.2) is 8.78 Å². The second-order valence-corrected chi connectivity index (χ2v) is 3.64. The van der Waals surface area contributed by atoms with Crippen molar-refractivity contribution in [1.82, 2.24) is 0 Å². The number of hydrogen-bond donors (Lipinski definition) is 0. The quantitative estimate of drug-likeness (QED) is 0.685. The van der Waals surface area contributed by atoms with Crippen LogP contribution in [0.3, 0.4) is 0 Å². The second kappa shape index (κ2) is 2.96. The average Bonchev–Trinajstić information content (AvgIpc) is 2.14. The highest BCUT2D eigenvalue weighted by Crippen LogP contribution is 2.33. The lowest BCUT2D eigenvalue weighted by molar-refractivity contribution is 0.155. The van der Waals surface area contributed by atoms with E-state index < -0.39 is 6.43 Å². The van der Waals surface area contributed by atoms with E-state index in [1.807, 2.05) is 0 Å². The molecule has 0 aliphatic heterocycles. The molecule has 0 N–H and O–H groups in total. The van der Waals surface area contributed by atoms with Gasteiger partial charge in [-0.2, -0.15) is 0 Å². The summed E-state index contributed by atoms with van der Waals surface area (Å²) in [7, 11) is 0. The first-order valence-electron chi connectivity index (χ1n) is 2.64. The lowest BCUT2D eigenvalue weighted by Crippen LogP contribution is -1.80. The SMILES string of the molecule is Cc1c(Br)csc1C(F)F. The van der Waals surface area contributed by atoms with Crippen molar-refractivity contribution in [2.24, 2.45) is 0 Å². The minimum Gasteiger partial charge on any atom is -0.204 e. The third kappa shape index (κ3) is 1.37. The lowest BCUT2D eigenvalue weighted by atomic mass is 10.3. The van der Waals surface area contributed by atoms with Crippen LogP contribution in [0, 0.1) is 6.92 Å². The molecule has 1 rings (SSSR count). The van der Waals surface area contributed by atoms with E-state index in [1.54, 1.807) is 12.3 Å². The number of thiophene rings is 1. The Morgan fingerprint density at radius 2 is 2.20 bits per heavy atom. The molecule has 0 aromatic carbocycles. The third-order valence-corrected chi connectivity index (χ3v) is 3.43. The fraction of sp³-hybridized carbons (Fsp3) is 0.333. The van der Waals surface area contributed by atoms with E-state index in [4.69, 9.17) is 0 Å². The standard InChI is InChI=1S/C6H5BrF2S/c1-3-4(7)2-10-5(3)6(8)9/h2,6H,1H3. The van der Waals surface area contributed by atoms with E-state index in [9.17, 15) is 8.78 Å². The first-order chi connectivity index (χ1) is 4.63. The van der Waals surface area contributed by atoms with Crippen molar-refractivity contribution in [3.63, 3.8) is 0 Å². The highest BCUT2D eigenvalue weighted by Gasteiger charge is 2.13. The van der Waals surface area contributed by atoms with Crippen molar-refractivity contribution in [1.29, 1.82) is 0 Å². The zero-order valence-corrected chi connectivity index (χ0v) is 7.60. The summed E-state index contributed by atoms with van der Waals surface area (Å²) in [6, 6.07) is 0. The Labute approximate surface area is 70.0 Å². The Morgan fingerprint density at radius 1 is 1.60 bits per heavy atom. The molecule has 0 nitrogen and oxygen atoms in total. The number of halogens is 3. The zero-order chi connectivity index (χ0) is 7.72. The van der Waals surface area contributed by atoms with Gasteiger partial charge >= 0.3 is 0 Å². The minimum absolute atomic E-state index is 0.159. The normalized spacial score (nSPS) is 10.9. The van der Waals surface area contributed by atoms with Crippen molar-refractivity contribution < 1.29 is 8.78 Å². The topological polar surface area (TPSA) is 0 Å². The molecule has 0 saturated heterocycles. The highest BCUT2D eigenvalue weighted by molar-refractivity contribution is 9.10. The maximum atomic E-state index is 12.0. The van der Waals surface area contributed by atoms with Crippen molar-refractivity contribution in [3.8, 4) is 0 Å². The number of rotatable bonds is 1. The molecule has 0 fully saturated rings. The Balaban J connectivity index is 3.05. The molecular weight excluding hydrogens is 222 g/mol. The van der Waals surface area contributed by atoms with Gasteiger partial charge in [-0.05, 0) is 28.4 Å². The molecule has 10 heavy (non-hydrogen) atoms. The summed E-state index contributed by atoms with van der Waals surface area (Å²) >= 11 is 4.25. The maximum absolute atomic E-state index is 12.0. The summed E-state index contributed by atoms with van der Waals surface area (Å²) in [5.74, 6) is 0. The average molecular weight is 227 g/mol. The van der Waals surface area contributed by atoms with Crippen LogP contribution in [-0.4, -0.2) is 0 Å². The van der Waals surface area contributed by atoms with Gasteiger partial charge < -0.3 is 0 Å². The van der Waals surface area contributed by atoms with E-state index in [1.165, 1.54) is 0 Å². The van der Waals surface area contributed by atoms with Gasteiger partial charge in [-0.3, -0.25) is 0 Å². The van der Waals surface area contributed by atoms with Crippen LogP contribution < -0.4 is 0 Å². The van der Waals surface area contributed by atoms with Crippen LogP contribution in [0.15, 0.2) is 9.85 Å². The molecule has 0 amide bonds. The summed E-state index contributed by atoms with van der Waals surface area (Å²) in [6.07, 6.45) is -2.34. The summed E-state index contributed by atoms with van der Waals surface area (Å²) in [5.41, 5.74) is 0.653. The van der Waals surface area contributed by atoms with E-state index in [0.29, 0.717) is 5.56 Å². The van der Waals surface area contributed by atoms with Gasteiger partial charge in [0.25, 0.3) is 6.43 Å². The molecule has 0 aliphatic rings. The van der Waals surface area contributed by atoms with Crippen LogP contribution in [0.5, 0.6) is 0 Å². The van der Waals surface area contributed by atoms with Gasteiger partial charge in [-0.1, -0.05) is 0 Å². The van der Waals surface area contributed by atoms with Crippen molar-refractivity contribution in [3.05, 3.63) is 20.3 Å². The molecule has 1 aromatic rings. The molecule has 0 bridgehead atoms. The van der Waals surface area contributed by atoms with Crippen molar-refractivity contribution in [2.45, 2.75) is 13.3 Å². The van der Waals surface area contributed by atoms with Crippen LogP contribution in [0.1, 0.15) is 16.9 Å². The molecule has 0 unspecified atom stereocenters. The largest absolute Gasteiger partial charge is 0.273 e. The predicted octanol–water partition coefficient (Wildman–Crippen LogP) is 3.76. The first-order valence-corrected chi connectivity index (χ1v) is 4.32. The minimum atomic E-state index is -2.34. The highest BCUT2D eigenvalue weighted by atomic mass is 79.9. The molecule has 56 valence electrons. The van der Waals surface area contributed by atoms with E-state index in [2.05, 4.69) is 15.9 Å². The molecular formula is C6H5BrF2S. The molecule has 4 heteroatoms. The fourth-order valence-corrected chi connectivity index (χ4v) is 2.05. The lowest BCUT2D eigenvalue weighted by Gasteiger charge is -1.94. The molecule has 0 saturated carbocycles. The Bertz CT molecular complexity index is 232. The Hall–Kier alpha value is 0.0400. The van der Waals surface area contributed by atoms with Gasteiger partial charge in [0.2, 0.25) is 0 Å². The zero-order valence-electron chi connectivity index (χ0n) is 5.20. The van der Waals surface area contributed by atoms with Gasteiger partial charge in [-0.15, -0.1) is 11.3 Å². The molecule has 0 aliphatic carbocycles. The van der Waals surface area contributed by atoms with Crippen LogP contribution in [0.25, 0.3) is 0 Å². The van der Waals surface area contributed by atoms with Crippen LogP contribution >= 0.6 is 27.3 Å². The smallest absolute Gasteiger partial charge is 0.204 e. The third-order valence-electron chi connectivity index (χ3n) is 1.22. The summed E-state index contributed by atoms with van der Waals surface area (Å²) in [4.78, 5) is 0.159. The van der Waals surface area contributed by atoms with E-state index in [0.717, 1.165) is 15.8 Å². The monoisotopic (exact) mass is 226 g/mol. The van der Waals surface area contributed by atoms with Crippen LogP contribution in [0.4, 0.5) is 8.78 Å². The summed E-state index contributed by atoms with van der Waals surface area (Å²) in [5, 5.41) is 1.68. The first kappa shape index (κ1) is 8.14. The van der Waals surface area contributed by atoms with E-state index in [-0.39, 0.29) is 4.88 Å². The van der Waals surface area contributed by atoms with Crippen molar-refractivity contribution in [2.75, 3.05) is 0 Å². The van der Waals surface area contributed by atoms with Crippen molar-refractivity contribution >= 4 is 27.3 Å². The number of alkyl halides is 2. The molecule has 0 spiro atoms. The maximum Gasteiger partial charge on any atom is 0.273 e. The Morgan fingerprint density at radius 3 is 2.40 bits per heavy atom. The van der Waals surface area contributed by atoms with Gasteiger partial charge in [0.1, 0.15) is 0 Å². The van der Waals surface area contributed by atoms with E-state index >= 15 is 0 Å². The Kier molecular flexibility index (Phi) is 2.41. The van der Waals surface area contributed by atoms with Gasteiger partial charge in [0, 0.05) is 9.85 Å². The summed E-state index contributed by atoms with van der Waals surface area (Å²) in [6.45, 7) is 1.68. The van der Waals surface area contributed by atoms with Gasteiger partial charge in [0.05, 0.1) is 4.88 Å². The molecule has 1 heterocycles. The van der Waals surface area contributed by atoms with Crippen LogP contribution in [-0.2, 0) is 0 Å². The number of hydrogen-bond acceptors (Lipinski definition) is 1. The molecule has 1 aromatic heterocycles. The summed E-state index contributed by atoms with van der Waals surface area (Å²) < 4.78 is 24.8. The van der Waals surface area contributed by atoms with Gasteiger partial charge in [0.15, 0.2) is 0 Å².